The van der Waals surface area contributed by atoms with Crippen LogP contribution in [0, 0.1) is 12.3 Å². The standard InChI is InChI=1S/C13H22N2O2S/c1-7-17-11(16)10-9(2)18-12(14-10)15(6)8-13(3,4)5/h7-8H2,1-6H3. The first-order chi connectivity index (χ1) is 8.24. The van der Waals surface area contributed by atoms with Crippen LogP contribution in [0.3, 0.4) is 0 Å². The highest BCUT2D eigenvalue weighted by atomic mass is 32.1. The van der Waals surface area contributed by atoms with E-state index < -0.39 is 0 Å². The van der Waals surface area contributed by atoms with Gasteiger partial charge in [0.1, 0.15) is 0 Å². The Balaban J connectivity index is 2.87. The second-order valence-electron chi connectivity index (χ2n) is 5.54. The molecule has 102 valence electrons. The first-order valence-corrected chi connectivity index (χ1v) is 6.92. The van der Waals surface area contributed by atoms with Gasteiger partial charge in [-0.25, -0.2) is 9.78 Å². The number of ether oxygens (including phenoxy) is 1. The van der Waals surface area contributed by atoms with Gasteiger partial charge in [0.2, 0.25) is 0 Å². The van der Waals surface area contributed by atoms with Crippen molar-refractivity contribution in [1.82, 2.24) is 4.98 Å². The number of anilines is 1. The fraction of sp³-hybridized carbons (Fsp3) is 0.692. The molecule has 0 saturated heterocycles. The summed E-state index contributed by atoms with van der Waals surface area (Å²) in [5.74, 6) is -0.332. The van der Waals surface area contributed by atoms with Gasteiger partial charge in [0.05, 0.1) is 6.61 Å². The van der Waals surface area contributed by atoms with Crippen molar-refractivity contribution in [2.24, 2.45) is 5.41 Å². The molecule has 0 unspecified atom stereocenters. The highest BCUT2D eigenvalue weighted by Crippen LogP contribution is 2.27. The normalized spacial score (nSPS) is 11.4. The zero-order chi connectivity index (χ0) is 13.9. The van der Waals surface area contributed by atoms with E-state index in [1.165, 1.54) is 11.3 Å². The van der Waals surface area contributed by atoms with Gasteiger partial charge < -0.3 is 9.64 Å². The largest absolute Gasteiger partial charge is 0.461 e. The SMILES string of the molecule is CCOC(=O)c1nc(N(C)CC(C)(C)C)sc1C. The fourth-order valence-electron chi connectivity index (χ4n) is 1.71. The molecule has 1 aromatic heterocycles. The van der Waals surface area contributed by atoms with Crippen LogP contribution >= 0.6 is 11.3 Å². The molecule has 0 N–H and O–H groups in total. The third-order valence-corrected chi connectivity index (χ3v) is 3.38. The maximum Gasteiger partial charge on any atom is 0.358 e. The summed E-state index contributed by atoms with van der Waals surface area (Å²) in [5.41, 5.74) is 0.635. The number of carbonyl (C=O) groups is 1. The quantitative estimate of drug-likeness (QED) is 0.788. The Hall–Kier alpha value is -1.10. The number of nitrogens with zero attached hydrogens (tertiary/aromatic N) is 2. The van der Waals surface area contributed by atoms with Crippen LogP contribution in [0.25, 0.3) is 0 Å². The molecule has 5 heteroatoms. The summed E-state index contributed by atoms with van der Waals surface area (Å²) in [6, 6.07) is 0. The molecule has 0 aliphatic rings. The van der Waals surface area contributed by atoms with Crippen molar-refractivity contribution in [1.29, 1.82) is 0 Å². The van der Waals surface area contributed by atoms with Gasteiger partial charge in [-0.15, -0.1) is 11.3 Å². The van der Waals surface area contributed by atoms with E-state index in [0.29, 0.717) is 12.3 Å². The molecule has 1 heterocycles. The third-order valence-electron chi connectivity index (χ3n) is 2.29. The van der Waals surface area contributed by atoms with E-state index in [4.69, 9.17) is 4.74 Å². The molecule has 0 aromatic carbocycles. The van der Waals surface area contributed by atoms with Gasteiger partial charge in [-0.3, -0.25) is 0 Å². The van der Waals surface area contributed by atoms with Crippen LogP contribution in [0.2, 0.25) is 0 Å². The number of esters is 1. The Kier molecular flexibility index (Phi) is 4.73. The van der Waals surface area contributed by atoms with Gasteiger partial charge in [0, 0.05) is 18.5 Å². The molecule has 18 heavy (non-hydrogen) atoms. The molecule has 0 saturated carbocycles. The van der Waals surface area contributed by atoms with E-state index in [0.717, 1.165) is 16.6 Å². The van der Waals surface area contributed by atoms with Crippen LogP contribution in [-0.4, -0.2) is 31.2 Å². The Bertz CT molecular complexity index is 421. The van der Waals surface area contributed by atoms with Crippen molar-refractivity contribution in [3.63, 3.8) is 0 Å². The third kappa shape index (κ3) is 3.98. The minimum atomic E-state index is -0.332. The molecule has 4 nitrogen and oxygen atoms in total. The summed E-state index contributed by atoms with van der Waals surface area (Å²) in [6.45, 7) is 11.5. The highest BCUT2D eigenvalue weighted by Gasteiger charge is 2.20. The van der Waals surface area contributed by atoms with Crippen molar-refractivity contribution in [2.75, 3.05) is 25.1 Å². The smallest absolute Gasteiger partial charge is 0.358 e. The molecular formula is C13H22N2O2S. The second-order valence-corrected chi connectivity index (χ2v) is 6.72. The van der Waals surface area contributed by atoms with Gasteiger partial charge in [-0.2, -0.15) is 0 Å². The Morgan fingerprint density at radius 2 is 2.06 bits per heavy atom. The number of hydrogen-bond acceptors (Lipinski definition) is 5. The van der Waals surface area contributed by atoms with E-state index in [1.54, 1.807) is 6.92 Å². The average Bonchev–Trinajstić information content (AvgIpc) is 2.58. The first-order valence-electron chi connectivity index (χ1n) is 6.10. The van der Waals surface area contributed by atoms with Crippen molar-refractivity contribution in [3.8, 4) is 0 Å². The summed E-state index contributed by atoms with van der Waals surface area (Å²) in [6.07, 6.45) is 0. The van der Waals surface area contributed by atoms with E-state index in [-0.39, 0.29) is 11.4 Å². The van der Waals surface area contributed by atoms with Crippen molar-refractivity contribution >= 4 is 22.4 Å². The Morgan fingerprint density at radius 3 is 2.56 bits per heavy atom. The van der Waals surface area contributed by atoms with Crippen LogP contribution in [0.1, 0.15) is 43.1 Å². The molecule has 0 fully saturated rings. The number of carbonyl (C=O) groups excluding carboxylic acids is 1. The second kappa shape index (κ2) is 5.69. The number of aromatic nitrogens is 1. The van der Waals surface area contributed by atoms with Crippen molar-refractivity contribution in [2.45, 2.75) is 34.6 Å². The van der Waals surface area contributed by atoms with Gasteiger partial charge in [0.25, 0.3) is 0 Å². The molecule has 1 rings (SSSR count). The van der Waals surface area contributed by atoms with Gasteiger partial charge >= 0.3 is 5.97 Å². The number of aryl methyl sites for hydroxylation is 1. The molecule has 0 aliphatic carbocycles. The van der Waals surface area contributed by atoms with Crippen LogP contribution in [0.5, 0.6) is 0 Å². The van der Waals surface area contributed by atoms with E-state index in [1.807, 2.05) is 14.0 Å². The highest BCUT2D eigenvalue weighted by molar-refractivity contribution is 7.15. The van der Waals surface area contributed by atoms with E-state index >= 15 is 0 Å². The number of rotatable bonds is 4. The van der Waals surface area contributed by atoms with Gasteiger partial charge in [0.15, 0.2) is 10.8 Å². The van der Waals surface area contributed by atoms with Crippen LogP contribution < -0.4 is 4.90 Å². The molecule has 1 aromatic rings. The van der Waals surface area contributed by atoms with E-state index in [2.05, 4.69) is 30.7 Å². The summed E-state index contributed by atoms with van der Waals surface area (Å²) in [4.78, 5) is 19.1. The minimum absolute atomic E-state index is 0.193. The lowest BCUT2D eigenvalue weighted by Gasteiger charge is -2.26. The lowest BCUT2D eigenvalue weighted by molar-refractivity contribution is 0.0519. The minimum Gasteiger partial charge on any atom is -0.461 e. The van der Waals surface area contributed by atoms with E-state index in [9.17, 15) is 4.79 Å². The molecule has 0 bridgehead atoms. The van der Waals surface area contributed by atoms with Gasteiger partial charge in [-0.1, -0.05) is 20.8 Å². The summed E-state index contributed by atoms with van der Waals surface area (Å²) in [5, 5.41) is 0.866. The molecule has 0 spiro atoms. The molecular weight excluding hydrogens is 248 g/mol. The lowest BCUT2D eigenvalue weighted by Crippen LogP contribution is -2.29. The predicted octanol–water partition coefficient (Wildman–Crippen LogP) is 3.11. The average molecular weight is 270 g/mol. The lowest BCUT2D eigenvalue weighted by atomic mass is 9.96. The Labute approximate surface area is 113 Å². The van der Waals surface area contributed by atoms with Gasteiger partial charge in [-0.05, 0) is 19.3 Å². The topological polar surface area (TPSA) is 42.4 Å². The van der Waals surface area contributed by atoms with Crippen molar-refractivity contribution < 1.29 is 9.53 Å². The zero-order valence-electron chi connectivity index (χ0n) is 12.0. The maximum atomic E-state index is 11.7. The monoisotopic (exact) mass is 270 g/mol. The first kappa shape index (κ1) is 15.0. The summed E-state index contributed by atoms with van der Waals surface area (Å²) < 4.78 is 4.99. The molecule has 0 aliphatic heterocycles. The molecule has 0 amide bonds. The molecule has 0 radical (unpaired) electrons. The molecule has 0 atom stereocenters. The van der Waals surface area contributed by atoms with Crippen LogP contribution in [-0.2, 0) is 4.74 Å². The predicted molar refractivity (Wildman–Crippen MR) is 75.5 cm³/mol. The summed E-state index contributed by atoms with van der Waals surface area (Å²) in [7, 11) is 2.00. The van der Waals surface area contributed by atoms with Crippen LogP contribution in [0.4, 0.5) is 5.13 Å². The Morgan fingerprint density at radius 1 is 1.44 bits per heavy atom. The zero-order valence-corrected chi connectivity index (χ0v) is 12.8. The van der Waals surface area contributed by atoms with Crippen LogP contribution in [0.15, 0.2) is 0 Å². The number of hydrogen-bond donors (Lipinski definition) is 0. The number of thiazole rings is 1. The fourth-order valence-corrected chi connectivity index (χ4v) is 2.57. The summed E-state index contributed by atoms with van der Waals surface area (Å²) >= 11 is 1.53. The van der Waals surface area contributed by atoms with Crippen molar-refractivity contribution in [3.05, 3.63) is 10.6 Å². The maximum absolute atomic E-state index is 11.7.